The van der Waals surface area contributed by atoms with Gasteiger partial charge in [-0.25, -0.2) is 16.8 Å². The van der Waals surface area contributed by atoms with E-state index in [2.05, 4.69) is 27.7 Å². The van der Waals surface area contributed by atoms with E-state index in [1.54, 1.807) is 9.80 Å². The van der Waals surface area contributed by atoms with E-state index in [-0.39, 0.29) is 157 Å². The maximum Gasteiger partial charge on any atom is 0.226 e. The molecule has 6 heterocycles. The third kappa shape index (κ3) is 17.3. The van der Waals surface area contributed by atoms with Gasteiger partial charge in [-0.1, -0.05) is 156 Å². The average Bonchev–Trinajstić information content (AvgIpc) is 1.53. The van der Waals surface area contributed by atoms with E-state index < -0.39 is 88.7 Å². The highest BCUT2D eigenvalue weighted by Crippen LogP contribution is 2.67. The summed E-state index contributed by atoms with van der Waals surface area (Å²) in [5.74, 6) is -3.69. The van der Waals surface area contributed by atoms with Crippen molar-refractivity contribution in [2.45, 2.75) is 307 Å². The Balaban J connectivity index is 0.000000199. The molecule has 6 saturated heterocycles. The van der Waals surface area contributed by atoms with Crippen molar-refractivity contribution in [2.75, 3.05) is 37.8 Å². The molecule has 6 saturated carbocycles. The largest absolute Gasteiger partial charge is 0.361 e. The number of nitrogens with zero attached hydrogens (tertiary/aromatic N) is 2. The minimum Gasteiger partial charge on any atom is -0.361 e. The van der Waals surface area contributed by atoms with Gasteiger partial charge in [0.25, 0.3) is 0 Å². The molecule has 0 radical (unpaired) electrons. The Hall–Kier alpha value is -3.88. The highest BCUT2D eigenvalue weighted by atomic mass is 32.2. The first-order valence-corrected chi connectivity index (χ1v) is 42.6. The fraction of sp³-hybridized carbons (Fsp3) is 0.872. The SMILES string of the molecule is CC1(C)[C@@H]2[C@H]3C(=O)C[C@H](C(=O)C(=O)CC4CC4)CCCCCCCCCC[C@H](CC(=O)CC4(C5OCCS5(=O)=O)CCCCC4)C(=O)N3C[C@@H]21.CC1(C)[C@@H]2[C@H]3C(=O)C[C@H](C(=O)C(=O)CC4CC4)CCCCCCCC[C@H](CC(=O)CC4(C5OCCS5(=O)=O)CCCCC4)C(=O)N3C[C@@H]21. The summed E-state index contributed by atoms with van der Waals surface area (Å²) in [7, 11) is -6.91. The first-order valence-electron chi connectivity index (χ1n) is 39.2. The zero-order valence-corrected chi connectivity index (χ0v) is 61.5. The van der Waals surface area contributed by atoms with Crippen LogP contribution in [0.5, 0.6) is 0 Å². The summed E-state index contributed by atoms with van der Waals surface area (Å²) in [6.07, 6.45) is 28.2. The summed E-state index contributed by atoms with van der Waals surface area (Å²) < 4.78 is 63.8. The second kappa shape index (κ2) is 31.6. The maximum absolute atomic E-state index is 14.6. The van der Waals surface area contributed by atoms with Gasteiger partial charge in [0.05, 0.1) is 36.8 Å². The first kappa shape index (κ1) is 75.3. The van der Waals surface area contributed by atoms with Gasteiger partial charge >= 0.3 is 0 Å². The molecule has 6 aliphatic carbocycles. The number of sulfone groups is 2. The number of ether oxygens (including phenoxy) is 2. The highest BCUT2D eigenvalue weighted by Gasteiger charge is 2.71. The summed E-state index contributed by atoms with van der Waals surface area (Å²) in [6.45, 7) is 9.82. The summed E-state index contributed by atoms with van der Waals surface area (Å²) in [4.78, 5) is 142. The Labute approximate surface area is 584 Å². The second-order valence-electron chi connectivity index (χ2n) is 34.7. The molecule has 0 aromatic carbocycles. The van der Waals surface area contributed by atoms with Gasteiger partial charge in [0.15, 0.2) is 53.7 Å². The molecule has 0 aromatic rings. The van der Waals surface area contributed by atoms with Gasteiger partial charge in [-0.2, -0.15) is 0 Å². The summed E-state index contributed by atoms with van der Waals surface area (Å²) >= 11 is 0. The number of ketones is 8. The first-order chi connectivity index (χ1) is 46.7. The number of hydrogen-bond donors (Lipinski definition) is 0. The monoisotopic (exact) mass is 1400 g/mol. The van der Waals surface area contributed by atoms with Crippen molar-refractivity contribution in [3.63, 3.8) is 0 Å². The molecule has 20 heteroatoms. The van der Waals surface area contributed by atoms with Crippen LogP contribution in [0.15, 0.2) is 0 Å². The second-order valence-corrected chi connectivity index (χ2v) is 39.0. The number of rotatable bonds is 18. The fourth-order valence-corrected chi connectivity index (χ4v) is 24.3. The van der Waals surface area contributed by atoms with E-state index in [1.165, 1.54) is 0 Å². The van der Waals surface area contributed by atoms with Crippen LogP contribution in [0, 0.1) is 80.8 Å². The Morgan fingerprint density at radius 1 is 0.418 bits per heavy atom. The van der Waals surface area contributed by atoms with Crippen molar-refractivity contribution in [2.24, 2.45) is 80.8 Å². The topological polar surface area (TPSA) is 264 Å². The Bertz CT molecular complexity index is 3210. The molecule has 0 spiro atoms. The van der Waals surface area contributed by atoms with Crippen molar-refractivity contribution in [3.05, 3.63) is 0 Å². The number of piperidine rings is 2. The molecule has 12 aliphatic rings. The number of carbonyl (C=O) groups excluding carboxylic acids is 10. The van der Waals surface area contributed by atoms with Crippen LogP contribution in [0.3, 0.4) is 0 Å². The summed E-state index contributed by atoms with van der Waals surface area (Å²) in [5, 5.41) is 0. The van der Waals surface area contributed by atoms with E-state index in [1.807, 2.05) is 0 Å². The van der Waals surface area contributed by atoms with Crippen LogP contribution in [-0.2, 0) is 77.1 Å². The van der Waals surface area contributed by atoms with E-state index in [4.69, 9.17) is 9.47 Å². The van der Waals surface area contributed by atoms with E-state index in [0.29, 0.717) is 76.3 Å². The van der Waals surface area contributed by atoms with Crippen LogP contribution in [0.25, 0.3) is 0 Å². The number of Topliss-reactive ketones (excluding diaryl/α,β-unsaturated/α-hetero) is 8. The normalized spacial score (nSPS) is 34.9. The summed E-state index contributed by atoms with van der Waals surface area (Å²) in [5.41, 5.74) is -3.60. The van der Waals surface area contributed by atoms with E-state index >= 15 is 0 Å². The van der Waals surface area contributed by atoms with Crippen molar-refractivity contribution in [3.8, 4) is 0 Å². The van der Waals surface area contributed by atoms with Crippen LogP contribution >= 0.6 is 0 Å². The number of amides is 2. The molecule has 0 bridgehead atoms. The van der Waals surface area contributed by atoms with E-state index in [0.717, 1.165) is 154 Å². The Morgan fingerprint density at radius 2 is 0.735 bits per heavy atom. The van der Waals surface area contributed by atoms with Crippen LogP contribution < -0.4 is 0 Å². The lowest BCUT2D eigenvalue weighted by Gasteiger charge is -2.40. The molecule has 2 unspecified atom stereocenters. The van der Waals surface area contributed by atoms with Gasteiger partial charge in [-0.05, 0) is 123 Å². The number of carbonyl (C=O) groups is 10. The van der Waals surface area contributed by atoms with Crippen molar-refractivity contribution in [1.29, 1.82) is 0 Å². The smallest absolute Gasteiger partial charge is 0.226 e. The van der Waals surface area contributed by atoms with Gasteiger partial charge in [0, 0.05) is 99.0 Å². The van der Waals surface area contributed by atoms with Gasteiger partial charge < -0.3 is 19.3 Å². The predicted molar refractivity (Wildman–Crippen MR) is 370 cm³/mol. The standard InChI is InChI=1S/C40H61NO8S.C38H57NO8S/c1-39(2)31-26-41-35(34(31)39)32(43)24-28(36(45)33(44)22-27-16-17-27)14-10-7-5-3-4-6-8-11-15-29(37(41)46)23-30(42)25-40(18-12-9-13-19-40)38-49-20-21-50(38,47)48;1-37(2)29-24-39-33(32(29)37)30(41)22-26(34(43)31(42)20-25-14-15-25)12-8-5-3-4-6-9-13-27(35(39)44)21-28(40)23-38(16-10-7-11-17-38)36-47-18-19-48(36,45)46/h27-29,31,34-35,38H,3-26H2,1-2H3;25-27,29,32-33,36H,3-24H2,1-2H3/t28-,29-,31+,34+,35-,38?;26-,27-,29+,32+,33-,36?/m11/s1. The Morgan fingerprint density at radius 3 is 1.05 bits per heavy atom. The minimum absolute atomic E-state index is 0.00512. The van der Waals surface area contributed by atoms with Gasteiger partial charge in [0.2, 0.25) is 23.4 Å². The molecule has 12 fully saturated rings. The summed E-state index contributed by atoms with van der Waals surface area (Å²) in [6, 6.07) is -1.29. The van der Waals surface area contributed by atoms with Crippen LogP contribution in [0.4, 0.5) is 0 Å². The third-order valence-electron chi connectivity index (χ3n) is 26.8. The quantitative estimate of drug-likeness (QED) is 0.115. The van der Waals surface area contributed by atoms with Crippen molar-refractivity contribution >= 4 is 77.8 Å². The molecule has 18 nitrogen and oxygen atoms in total. The molecule has 2 amide bonds. The van der Waals surface area contributed by atoms with Gasteiger partial charge in [0.1, 0.15) is 11.6 Å². The van der Waals surface area contributed by atoms with Crippen molar-refractivity contribution in [1.82, 2.24) is 9.80 Å². The average molecular weight is 1400 g/mol. The minimum atomic E-state index is -3.46. The maximum atomic E-state index is 14.6. The molecule has 12 atom stereocenters. The molecule has 548 valence electrons. The van der Waals surface area contributed by atoms with Gasteiger partial charge in [-0.15, -0.1) is 0 Å². The van der Waals surface area contributed by atoms with Crippen molar-refractivity contribution < 1.29 is 74.3 Å². The third-order valence-corrected chi connectivity index (χ3v) is 30.8. The molecular formula is C78H118N2O16S2. The molecule has 6 aliphatic heterocycles. The number of hydrogen-bond acceptors (Lipinski definition) is 16. The lowest BCUT2D eigenvalue weighted by atomic mass is 9.70. The zero-order chi connectivity index (χ0) is 70.0. The Kier molecular flexibility index (Phi) is 24.3. The van der Waals surface area contributed by atoms with Gasteiger partial charge in [-0.3, -0.25) is 47.9 Å². The number of fused-ring (bicyclic) bond motifs is 6. The zero-order valence-electron chi connectivity index (χ0n) is 59.9. The van der Waals surface area contributed by atoms with Crippen LogP contribution in [-0.4, -0.2) is 145 Å². The molecular weight excluding hydrogens is 1280 g/mol. The predicted octanol–water partition coefficient (Wildman–Crippen LogP) is 12.4. The lowest BCUT2D eigenvalue weighted by Crippen LogP contribution is -2.49. The van der Waals surface area contributed by atoms with Crippen LogP contribution in [0.1, 0.15) is 285 Å². The molecule has 98 heavy (non-hydrogen) atoms. The highest BCUT2D eigenvalue weighted by molar-refractivity contribution is 7.92. The lowest BCUT2D eigenvalue weighted by molar-refractivity contribution is -0.146. The fourth-order valence-electron chi connectivity index (χ4n) is 20.5. The molecule has 0 N–H and O–H groups in total. The molecule has 12 rings (SSSR count). The van der Waals surface area contributed by atoms with E-state index in [9.17, 15) is 64.8 Å². The molecule has 0 aromatic heterocycles. The van der Waals surface area contributed by atoms with Crippen LogP contribution in [0.2, 0.25) is 0 Å².